The Bertz CT molecular complexity index is 1140. The maximum Gasteiger partial charge on any atom is 0.416 e. The van der Waals surface area contributed by atoms with Gasteiger partial charge in [0.25, 0.3) is 5.91 Å². The Kier molecular flexibility index (Phi) is 4.39. The van der Waals surface area contributed by atoms with Crippen LogP contribution in [0.15, 0.2) is 79.0 Å². The first-order valence-electron chi connectivity index (χ1n) is 8.57. The van der Waals surface area contributed by atoms with Crippen molar-refractivity contribution in [3.8, 4) is 11.1 Å². The molecular formula is C22H15F3N2O. The van der Waals surface area contributed by atoms with Gasteiger partial charge in [-0.15, -0.1) is 0 Å². The van der Waals surface area contributed by atoms with Gasteiger partial charge in [0.05, 0.1) is 11.3 Å². The van der Waals surface area contributed by atoms with Crippen LogP contribution < -0.4 is 5.32 Å². The number of anilines is 1. The molecule has 1 heterocycles. The van der Waals surface area contributed by atoms with E-state index in [2.05, 4.69) is 10.3 Å². The molecule has 3 aromatic carbocycles. The number of hydrogen-bond acceptors (Lipinski definition) is 1. The molecule has 140 valence electrons. The van der Waals surface area contributed by atoms with Crippen LogP contribution in [-0.2, 0) is 6.18 Å². The number of fused-ring (bicyclic) bond motifs is 1. The minimum Gasteiger partial charge on any atom is -0.361 e. The first-order chi connectivity index (χ1) is 13.4. The molecule has 1 aromatic heterocycles. The highest BCUT2D eigenvalue weighted by Gasteiger charge is 2.30. The highest BCUT2D eigenvalue weighted by atomic mass is 19.4. The zero-order valence-corrected chi connectivity index (χ0v) is 14.5. The van der Waals surface area contributed by atoms with Gasteiger partial charge in [0.1, 0.15) is 0 Å². The lowest BCUT2D eigenvalue weighted by Crippen LogP contribution is -2.13. The molecule has 3 nitrogen and oxygen atoms in total. The zero-order valence-electron chi connectivity index (χ0n) is 14.5. The number of carbonyl (C=O) groups is 1. The van der Waals surface area contributed by atoms with E-state index in [4.69, 9.17) is 0 Å². The molecule has 1 amide bonds. The van der Waals surface area contributed by atoms with Crippen molar-refractivity contribution in [1.82, 2.24) is 4.98 Å². The van der Waals surface area contributed by atoms with Crippen molar-refractivity contribution in [1.29, 1.82) is 0 Å². The summed E-state index contributed by atoms with van der Waals surface area (Å²) >= 11 is 0. The predicted octanol–water partition coefficient (Wildman–Crippen LogP) is 6.11. The van der Waals surface area contributed by atoms with Crippen LogP contribution >= 0.6 is 0 Å². The fourth-order valence-corrected chi connectivity index (χ4v) is 3.16. The van der Waals surface area contributed by atoms with Crippen molar-refractivity contribution in [3.63, 3.8) is 0 Å². The van der Waals surface area contributed by atoms with Gasteiger partial charge in [-0.25, -0.2) is 0 Å². The Hall–Kier alpha value is -3.54. The third-order valence-electron chi connectivity index (χ3n) is 4.54. The number of H-pyrrole nitrogens is 1. The summed E-state index contributed by atoms with van der Waals surface area (Å²) < 4.78 is 38.4. The molecular weight excluding hydrogens is 365 g/mol. The van der Waals surface area contributed by atoms with Crippen LogP contribution in [0.2, 0.25) is 0 Å². The van der Waals surface area contributed by atoms with E-state index in [0.717, 1.165) is 23.0 Å². The second-order valence-corrected chi connectivity index (χ2v) is 6.32. The van der Waals surface area contributed by atoms with Gasteiger partial charge in [-0.2, -0.15) is 13.2 Å². The predicted molar refractivity (Wildman–Crippen MR) is 103 cm³/mol. The number of halogens is 3. The van der Waals surface area contributed by atoms with Crippen LogP contribution in [-0.4, -0.2) is 10.9 Å². The van der Waals surface area contributed by atoms with Gasteiger partial charge >= 0.3 is 6.18 Å². The molecule has 0 unspecified atom stereocenters. The number of benzene rings is 3. The van der Waals surface area contributed by atoms with E-state index in [-0.39, 0.29) is 5.91 Å². The molecule has 0 aliphatic heterocycles. The quantitative estimate of drug-likeness (QED) is 0.443. The Morgan fingerprint density at radius 2 is 1.61 bits per heavy atom. The topological polar surface area (TPSA) is 44.9 Å². The fourth-order valence-electron chi connectivity index (χ4n) is 3.16. The highest BCUT2D eigenvalue weighted by molar-refractivity contribution is 6.11. The minimum atomic E-state index is -4.40. The molecule has 0 bridgehead atoms. The molecule has 0 atom stereocenters. The third kappa shape index (κ3) is 3.36. The van der Waals surface area contributed by atoms with E-state index in [0.29, 0.717) is 22.4 Å². The molecule has 0 aliphatic rings. The summed E-state index contributed by atoms with van der Waals surface area (Å²) in [6.45, 7) is 0. The van der Waals surface area contributed by atoms with Crippen LogP contribution in [0, 0.1) is 0 Å². The smallest absolute Gasteiger partial charge is 0.361 e. The summed E-state index contributed by atoms with van der Waals surface area (Å²) in [5, 5.41) is 3.77. The number of hydrogen-bond donors (Lipinski definition) is 2. The number of rotatable bonds is 3. The van der Waals surface area contributed by atoms with Crippen molar-refractivity contribution >= 4 is 22.5 Å². The summed E-state index contributed by atoms with van der Waals surface area (Å²) in [4.78, 5) is 16.0. The lowest BCUT2D eigenvalue weighted by atomic mass is 9.98. The number of amides is 1. The van der Waals surface area contributed by atoms with Gasteiger partial charge in [-0.1, -0.05) is 36.4 Å². The second kappa shape index (κ2) is 6.88. The summed E-state index contributed by atoms with van der Waals surface area (Å²) in [7, 11) is 0. The summed E-state index contributed by atoms with van der Waals surface area (Å²) in [5.41, 5.74) is 2.32. The number of alkyl halides is 3. The Labute approximate surface area is 158 Å². The number of aromatic nitrogens is 1. The molecule has 0 saturated heterocycles. The van der Waals surface area contributed by atoms with Gasteiger partial charge in [0, 0.05) is 22.7 Å². The van der Waals surface area contributed by atoms with E-state index in [1.54, 1.807) is 36.5 Å². The molecule has 0 fully saturated rings. The number of nitrogens with one attached hydrogen (secondary N) is 2. The van der Waals surface area contributed by atoms with Crippen molar-refractivity contribution < 1.29 is 18.0 Å². The van der Waals surface area contributed by atoms with Gasteiger partial charge < -0.3 is 10.3 Å². The van der Waals surface area contributed by atoms with Gasteiger partial charge in [-0.05, 0) is 47.5 Å². The molecule has 0 aliphatic carbocycles. The zero-order chi connectivity index (χ0) is 19.7. The van der Waals surface area contributed by atoms with Gasteiger partial charge in [0.2, 0.25) is 0 Å². The molecule has 4 aromatic rings. The first-order valence-corrected chi connectivity index (χ1v) is 8.57. The molecule has 0 saturated carbocycles. The average molecular weight is 380 g/mol. The van der Waals surface area contributed by atoms with Crippen LogP contribution in [0.5, 0.6) is 0 Å². The van der Waals surface area contributed by atoms with Crippen LogP contribution in [0.25, 0.3) is 22.0 Å². The lowest BCUT2D eigenvalue weighted by molar-refractivity contribution is -0.137. The molecule has 2 N–H and O–H groups in total. The SMILES string of the molecule is O=C(Nc1cccc2[nH]ccc12)c1ccccc1-c1ccc(C(F)(F)F)cc1. The average Bonchev–Trinajstić information content (AvgIpc) is 3.17. The normalized spacial score (nSPS) is 11.5. The highest BCUT2D eigenvalue weighted by Crippen LogP contribution is 2.32. The Balaban J connectivity index is 1.68. The van der Waals surface area contributed by atoms with E-state index >= 15 is 0 Å². The first kappa shape index (κ1) is 17.9. The van der Waals surface area contributed by atoms with Crippen molar-refractivity contribution in [2.45, 2.75) is 6.18 Å². The van der Waals surface area contributed by atoms with Gasteiger partial charge in [0.15, 0.2) is 0 Å². The lowest BCUT2D eigenvalue weighted by Gasteiger charge is -2.12. The third-order valence-corrected chi connectivity index (χ3v) is 4.54. The maximum atomic E-state index is 12.9. The molecule has 6 heteroatoms. The molecule has 0 radical (unpaired) electrons. The van der Waals surface area contributed by atoms with E-state index < -0.39 is 11.7 Å². The standard InChI is InChI=1S/C22H15F3N2O/c23-22(24,25)15-10-8-14(9-11-15)16-4-1-2-5-17(16)21(28)27-20-7-3-6-19-18(20)12-13-26-19/h1-13,26H,(H,27,28). The Morgan fingerprint density at radius 3 is 2.36 bits per heavy atom. The minimum absolute atomic E-state index is 0.329. The Morgan fingerprint density at radius 1 is 0.857 bits per heavy atom. The second-order valence-electron chi connectivity index (χ2n) is 6.32. The molecule has 0 spiro atoms. The summed E-state index contributed by atoms with van der Waals surface area (Å²) in [5.74, 6) is -0.329. The molecule has 4 rings (SSSR count). The van der Waals surface area contributed by atoms with Crippen LogP contribution in [0.4, 0.5) is 18.9 Å². The van der Waals surface area contributed by atoms with E-state index in [1.807, 2.05) is 18.2 Å². The van der Waals surface area contributed by atoms with Crippen LogP contribution in [0.3, 0.4) is 0 Å². The maximum absolute atomic E-state index is 12.9. The number of carbonyl (C=O) groups excluding carboxylic acids is 1. The summed E-state index contributed by atoms with van der Waals surface area (Å²) in [6.07, 6.45) is -2.61. The monoisotopic (exact) mass is 380 g/mol. The van der Waals surface area contributed by atoms with E-state index in [9.17, 15) is 18.0 Å². The van der Waals surface area contributed by atoms with Crippen LogP contribution in [0.1, 0.15) is 15.9 Å². The van der Waals surface area contributed by atoms with E-state index in [1.165, 1.54) is 12.1 Å². The largest absolute Gasteiger partial charge is 0.416 e. The molecule has 28 heavy (non-hydrogen) atoms. The van der Waals surface area contributed by atoms with Gasteiger partial charge in [-0.3, -0.25) is 4.79 Å². The summed E-state index contributed by atoms with van der Waals surface area (Å²) in [6, 6.07) is 19.0. The fraction of sp³-hybridized carbons (Fsp3) is 0.0455. The van der Waals surface area contributed by atoms with Crippen molar-refractivity contribution in [2.75, 3.05) is 5.32 Å². The van der Waals surface area contributed by atoms with Crippen molar-refractivity contribution in [2.24, 2.45) is 0 Å². The van der Waals surface area contributed by atoms with Crippen molar-refractivity contribution in [3.05, 3.63) is 90.1 Å². The number of aromatic amines is 1.